The summed E-state index contributed by atoms with van der Waals surface area (Å²) in [6.07, 6.45) is 1.27. The topological polar surface area (TPSA) is 34.2 Å². The van der Waals surface area contributed by atoms with Gasteiger partial charge in [-0.3, -0.25) is 0 Å². The first-order chi connectivity index (χ1) is 8.08. The Kier molecular flexibility index (Phi) is 3.85. The molecule has 1 fully saturated rings. The van der Waals surface area contributed by atoms with Crippen LogP contribution in [0.1, 0.15) is 48.7 Å². The van der Waals surface area contributed by atoms with Crippen LogP contribution >= 0.6 is 11.3 Å². The van der Waals surface area contributed by atoms with Gasteiger partial charge in [0.2, 0.25) is 0 Å². The summed E-state index contributed by atoms with van der Waals surface area (Å²) in [6, 6.07) is 0. The lowest BCUT2D eigenvalue weighted by Crippen LogP contribution is -2.12. The Balaban J connectivity index is 2.13. The lowest BCUT2D eigenvalue weighted by atomic mass is 10.1. The molecular formula is C13H22N2OS. The van der Waals surface area contributed by atoms with Crippen molar-refractivity contribution in [1.82, 2.24) is 10.3 Å². The van der Waals surface area contributed by atoms with Crippen LogP contribution in [0.15, 0.2) is 0 Å². The van der Waals surface area contributed by atoms with Crippen molar-refractivity contribution in [2.24, 2.45) is 5.41 Å². The van der Waals surface area contributed by atoms with Gasteiger partial charge in [0.1, 0.15) is 0 Å². The smallest absolute Gasteiger partial charge is 0.0969 e. The van der Waals surface area contributed by atoms with Gasteiger partial charge < -0.3 is 10.1 Å². The van der Waals surface area contributed by atoms with Crippen molar-refractivity contribution < 1.29 is 4.74 Å². The number of nitrogens with one attached hydrogen (secondary N) is 1. The number of methoxy groups -OCH3 is 1. The number of rotatable bonds is 6. The van der Waals surface area contributed by atoms with E-state index >= 15 is 0 Å². The SMILES string of the molecule is CCNCc1sc(C2CC2(C)C)nc1COC. The number of aromatic nitrogens is 1. The molecule has 4 heteroatoms. The van der Waals surface area contributed by atoms with Crippen LogP contribution in [0.4, 0.5) is 0 Å². The maximum absolute atomic E-state index is 5.23. The van der Waals surface area contributed by atoms with Crippen molar-refractivity contribution >= 4 is 11.3 Å². The van der Waals surface area contributed by atoms with Crippen LogP contribution in [0, 0.1) is 5.41 Å². The molecule has 0 aromatic carbocycles. The van der Waals surface area contributed by atoms with Crippen molar-refractivity contribution in [2.75, 3.05) is 13.7 Å². The number of hydrogen-bond donors (Lipinski definition) is 1. The number of thiazole rings is 1. The minimum Gasteiger partial charge on any atom is -0.378 e. The van der Waals surface area contributed by atoms with Crippen LogP contribution < -0.4 is 5.32 Å². The second kappa shape index (κ2) is 5.04. The Bertz CT molecular complexity index is 387. The lowest BCUT2D eigenvalue weighted by Gasteiger charge is -2.00. The van der Waals surface area contributed by atoms with Crippen molar-refractivity contribution in [3.63, 3.8) is 0 Å². The summed E-state index contributed by atoms with van der Waals surface area (Å²) in [5, 5.41) is 4.67. The normalized spacial score (nSPS) is 21.8. The maximum Gasteiger partial charge on any atom is 0.0969 e. The Hall–Kier alpha value is -0.450. The first kappa shape index (κ1) is 13.0. The van der Waals surface area contributed by atoms with E-state index in [1.165, 1.54) is 16.3 Å². The lowest BCUT2D eigenvalue weighted by molar-refractivity contribution is 0.181. The van der Waals surface area contributed by atoms with Gasteiger partial charge in [-0.25, -0.2) is 4.98 Å². The molecule has 17 heavy (non-hydrogen) atoms. The molecule has 2 rings (SSSR count). The molecule has 0 amide bonds. The average molecular weight is 254 g/mol. The highest BCUT2D eigenvalue weighted by atomic mass is 32.1. The molecule has 0 bridgehead atoms. The summed E-state index contributed by atoms with van der Waals surface area (Å²) in [6.45, 7) is 9.30. The van der Waals surface area contributed by atoms with Gasteiger partial charge in [-0.05, 0) is 18.4 Å². The second-order valence-electron chi connectivity index (χ2n) is 5.38. The summed E-state index contributed by atoms with van der Waals surface area (Å²) in [5.41, 5.74) is 1.58. The molecule has 1 aliphatic carbocycles. The van der Waals surface area contributed by atoms with Gasteiger partial charge >= 0.3 is 0 Å². The fourth-order valence-electron chi connectivity index (χ4n) is 2.07. The van der Waals surface area contributed by atoms with Gasteiger partial charge in [0.05, 0.1) is 17.3 Å². The van der Waals surface area contributed by atoms with Gasteiger partial charge in [-0.2, -0.15) is 0 Å². The zero-order valence-electron chi connectivity index (χ0n) is 11.2. The molecule has 0 radical (unpaired) electrons. The number of hydrogen-bond acceptors (Lipinski definition) is 4. The third-order valence-corrected chi connectivity index (χ3v) is 4.63. The molecule has 1 unspecified atom stereocenters. The van der Waals surface area contributed by atoms with Crippen molar-refractivity contribution in [2.45, 2.75) is 46.3 Å². The van der Waals surface area contributed by atoms with Gasteiger partial charge in [0, 0.05) is 24.4 Å². The molecule has 1 heterocycles. The standard InChI is InChI=1S/C13H22N2OS/c1-5-14-7-11-10(8-16-4)15-12(17-11)9-6-13(9,2)3/h9,14H,5-8H2,1-4H3. The van der Waals surface area contributed by atoms with Gasteiger partial charge in [-0.15, -0.1) is 11.3 Å². The first-order valence-electron chi connectivity index (χ1n) is 6.26. The molecule has 3 nitrogen and oxygen atoms in total. The number of ether oxygens (including phenoxy) is 1. The fourth-order valence-corrected chi connectivity index (χ4v) is 3.42. The Morgan fingerprint density at radius 2 is 2.24 bits per heavy atom. The minimum atomic E-state index is 0.456. The zero-order valence-corrected chi connectivity index (χ0v) is 12.0. The average Bonchev–Trinajstić information content (AvgIpc) is 2.73. The molecule has 1 saturated carbocycles. The number of nitrogens with zero attached hydrogens (tertiary/aromatic N) is 1. The predicted octanol–water partition coefficient (Wildman–Crippen LogP) is 2.91. The van der Waals surface area contributed by atoms with E-state index in [1.807, 2.05) is 11.3 Å². The van der Waals surface area contributed by atoms with E-state index < -0.39 is 0 Å². The van der Waals surface area contributed by atoms with Crippen LogP contribution in [0.25, 0.3) is 0 Å². The van der Waals surface area contributed by atoms with Crippen LogP contribution in [0.3, 0.4) is 0 Å². The Labute approximate surface area is 108 Å². The highest BCUT2D eigenvalue weighted by Gasteiger charge is 2.48. The predicted molar refractivity (Wildman–Crippen MR) is 71.3 cm³/mol. The summed E-state index contributed by atoms with van der Waals surface area (Å²) in [5.74, 6) is 0.665. The highest BCUT2D eigenvalue weighted by Crippen LogP contribution is 2.59. The zero-order chi connectivity index (χ0) is 12.5. The van der Waals surface area contributed by atoms with E-state index in [0.717, 1.165) is 18.8 Å². The fraction of sp³-hybridized carbons (Fsp3) is 0.769. The highest BCUT2D eigenvalue weighted by molar-refractivity contribution is 7.11. The minimum absolute atomic E-state index is 0.456. The summed E-state index contributed by atoms with van der Waals surface area (Å²) in [4.78, 5) is 6.10. The van der Waals surface area contributed by atoms with Crippen molar-refractivity contribution in [3.05, 3.63) is 15.6 Å². The van der Waals surface area contributed by atoms with E-state index in [-0.39, 0.29) is 0 Å². The monoisotopic (exact) mass is 254 g/mol. The van der Waals surface area contributed by atoms with Crippen LogP contribution in [-0.4, -0.2) is 18.6 Å². The third kappa shape index (κ3) is 2.87. The molecule has 0 aliphatic heterocycles. The molecule has 0 saturated heterocycles. The second-order valence-corrected chi connectivity index (χ2v) is 6.50. The van der Waals surface area contributed by atoms with Crippen LogP contribution in [-0.2, 0) is 17.9 Å². The van der Waals surface area contributed by atoms with E-state index in [4.69, 9.17) is 9.72 Å². The molecule has 0 spiro atoms. The van der Waals surface area contributed by atoms with Gasteiger partial charge in [0.25, 0.3) is 0 Å². The van der Waals surface area contributed by atoms with Crippen molar-refractivity contribution in [1.29, 1.82) is 0 Å². The summed E-state index contributed by atoms with van der Waals surface area (Å²) < 4.78 is 5.23. The van der Waals surface area contributed by atoms with E-state index in [0.29, 0.717) is 17.9 Å². The van der Waals surface area contributed by atoms with E-state index in [9.17, 15) is 0 Å². The van der Waals surface area contributed by atoms with Crippen LogP contribution in [0.2, 0.25) is 0 Å². The maximum atomic E-state index is 5.23. The first-order valence-corrected chi connectivity index (χ1v) is 7.08. The molecule has 1 atom stereocenters. The summed E-state index contributed by atoms with van der Waals surface area (Å²) in [7, 11) is 1.73. The van der Waals surface area contributed by atoms with E-state index in [2.05, 4.69) is 26.1 Å². The molecule has 1 aromatic rings. The molecule has 1 aromatic heterocycles. The Morgan fingerprint density at radius 3 is 2.76 bits per heavy atom. The molecule has 1 aliphatic rings. The Morgan fingerprint density at radius 1 is 1.53 bits per heavy atom. The van der Waals surface area contributed by atoms with Crippen LogP contribution in [0.5, 0.6) is 0 Å². The third-order valence-electron chi connectivity index (χ3n) is 3.42. The van der Waals surface area contributed by atoms with E-state index in [1.54, 1.807) is 7.11 Å². The molecule has 96 valence electrons. The van der Waals surface area contributed by atoms with Gasteiger partial charge in [-0.1, -0.05) is 20.8 Å². The van der Waals surface area contributed by atoms with Crippen molar-refractivity contribution in [3.8, 4) is 0 Å². The quantitative estimate of drug-likeness (QED) is 0.847. The van der Waals surface area contributed by atoms with Gasteiger partial charge in [0.15, 0.2) is 0 Å². The molecular weight excluding hydrogens is 232 g/mol. The summed E-state index contributed by atoms with van der Waals surface area (Å²) >= 11 is 1.86. The largest absolute Gasteiger partial charge is 0.378 e. The molecule has 1 N–H and O–H groups in total.